The van der Waals surface area contributed by atoms with Gasteiger partial charge in [-0.05, 0) is 33.2 Å². The highest BCUT2D eigenvalue weighted by Crippen LogP contribution is 2.06. The van der Waals surface area contributed by atoms with E-state index in [9.17, 15) is 0 Å². The van der Waals surface area contributed by atoms with Crippen molar-refractivity contribution in [2.75, 3.05) is 32.1 Å². The highest BCUT2D eigenvalue weighted by atomic mass is 32.2. The molecular weight excluding hydrogens is 154 g/mol. The van der Waals surface area contributed by atoms with Gasteiger partial charge in [0.15, 0.2) is 0 Å². The highest BCUT2D eigenvalue weighted by molar-refractivity contribution is 7.99. The lowest BCUT2D eigenvalue weighted by Gasteiger charge is -2.08. The van der Waals surface area contributed by atoms with E-state index >= 15 is 0 Å². The van der Waals surface area contributed by atoms with Crippen LogP contribution in [-0.2, 0) is 0 Å². The zero-order valence-electron chi connectivity index (χ0n) is 7.89. The maximum absolute atomic E-state index is 3.86. The van der Waals surface area contributed by atoms with Crippen LogP contribution in [0.1, 0.15) is 13.3 Å². The Morgan fingerprint density at radius 3 is 2.45 bits per heavy atom. The molecule has 0 aliphatic heterocycles. The smallest absolute Gasteiger partial charge is 0.00662 e. The van der Waals surface area contributed by atoms with Crippen molar-refractivity contribution < 1.29 is 0 Å². The van der Waals surface area contributed by atoms with E-state index in [1.807, 2.05) is 11.8 Å². The van der Waals surface area contributed by atoms with Crippen LogP contribution in [0.2, 0.25) is 0 Å². The van der Waals surface area contributed by atoms with Crippen molar-refractivity contribution in [3.63, 3.8) is 0 Å². The van der Waals surface area contributed by atoms with Gasteiger partial charge in [-0.25, -0.2) is 0 Å². The highest BCUT2D eigenvalue weighted by Gasteiger charge is 1.91. The van der Waals surface area contributed by atoms with Gasteiger partial charge < -0.3 is 4.90 Å². The van der Waals surface area contributed by atoms with E-state index in [0.717, 1.165) is 6.42 Å². The minimum absolute atomic E-state index is 1.16. The predicted octanol–water partition coefficient (Wildman–Crippen LogP) is 2.25. The molecule has 0 aliphatic carbocycles. The molecule has 0 spiro atoms. The van der Waals surface area contributed by atoms with E-state index in [2.05, 4.69) is 32.5 Å². The first-order valence-corrected chi connectivity index (χ1v) is 5.15. The molecule has 0 unspecified atom stereocenters. The second kappa shape index (κ2) is 6.74. The van der Waals surface area contributed by atoms with E-state index in [0.29, 0.717) is 0 Å². The van der Waals surface area contributed by atoms with Crippen LogP contribution < -0.4 is 0 Å². The van der Waals surface area contributed by atoms with Crippen LogP contribution in [-0.4, -0.2) is 37.0 Å². The lowest BCUT2D eigenvalue weighted by atomic mass is 10.3. The van der Waals surface area contributed by atoms with Crippen LogP contribution in [0.3, 0.4) is 0 Å². The third-order valence-electron chi connectivity index (χ3n) is 1.36. The van der Waals surface area contributed by atoms with Crippen molar-refractivity contribution in [3.8, 4) is 0 Å². The summed E-state index contributed by atoms with van der Waals surface area (Å²) >= 11 is 2.01. The molecular formula is C9H19NS. The summed E-state index contributed by atoms with van der Waals surface area (Å²) in [6.07, 6.45) is 1.16. The van der Waals surface area contributed by atoms with Gasteiger partial charge in [-0.1, -0.05) is 5.57 Å². The van der Waals surface area contributed by atoms with Gasteiger partial charge >= 0.3 is 0 Å². The SMILES string of the molecule is C=C(C)CCSCCN(C)C. The second-order valence-electron chi connectivity index (χ2n) is 3.12. The summed E-state index contributed by atoms with van der Waals surface area (Å²) in [5.41, 5.74) is 1.29. The fourth-order valence-corrected chi connectivity index (χ4v) is 1.79. The Morgan fingerprint density at radius 2 is 2.00 bits per heavy atom. The third-order valence-corrected chi connectivity index (χ3v) is 2.32. The molecule has 0 radical (unpaired) electrons. The molecule has 0 aliphatic rings. The number of nitrogens with zero attached hydrogens (tertiary/aromatic N) is 1. The van der Waals surface area contributed by atoms with Crippen LogP contribution in [0, 0.1) is 0 Å². The molecule has 0 fully saturated rings. The number of thioether (sulfide) groups is 1. The lowest BCUT2D eigenvalue weighted by Crippen LogP contribution is -2.14. The number of rotatable bonds is 6. The van der Waals surface area contributed by atoms with Crippen LogP contribution in [0.25, 0.3) is 0 Å². The fourth-order valence-electron chi connectivity index (χ4n) is 0.596. The van der Waals surface area contributed by atoms with Crippen LogP contribution in [0.5, 0.6) is 0 Å². The van der Waals surface area contributed by atoms with Gasteiger partial charge in [0.25, 0.3) is 0 Å². The quantitative estimate of drug-likeness (QED) is 0.448. The molecule has 0 saturated carbocycles. The largest absolute Gasteiger partial charge is 0.309 e. The summed E-state index contributed by atoms with van der Waals surface area (Å²) in [5, 5.41) is 0. The van der Waals surface area contributed by atoms with Crippen molar-refractivity contribution >= 4 is 11.8 Å². The molecule has 11 heavy (non-hydrogen) atoms. The summed E-state index contributed by atoms with van der Waals surface area (Å²) < 4.78 is 0. The van der Waals surface area contributed by atoms with Crippen molar-refractivity contribution in [1.82, 2.24) is 4.90 Å². The Kier molecular flexibility index (Phi) is 6.77. The van der Waals surface area contributed by atoms with Gasteiger partial charge in [-0.15, -0.1) is 6.58 Å². The van der Waals surface area contributed by atoms with Gasteiger partial charge in [0.05, 0.1) is 0 Å². The Morgan fingerprint density at radius 1 is 1.36 bits per heavy atom. The van der Waals surface area contributed by atoms with E-state index in [-0.39, 0.29) is 0 Å². The predicted molar refractivity (Wildman–Crippen MR) is 55.3 cm³/mol. The van der Waals surface area contributed by atoms with Crippen molar-refractivity contribution in [2.24, 2.45) is 0 Å². The van der Waals surface area contributed by atoms with E-state index in [1.165, 1.54) is 23.6 Å². The molecule has 0 saturated heterocycles. The molecule has 0 amide bonds. The van der Waals surface area contributed by atoms with Crippen LogP contribution in [0.4, 0.5) is 0 Å². The topological polar surface area (TPSA) is 3.24 Å². The van der Waals surface area contributed by atoms with Crippen LogP contribution in [0.15, 0.2) is 12.2 Å². The first-order valence-electron chi connectivity index (χ1n) is 4.00. The summed E-state index contributed by atoms with van der Waals surface area (Å²) in [5.74, 6) is 2.46. The number of hydrogen-bond donors (Lipinski definition) is 0. The van der Waals surface area contributed by atoms with Crippen molar-refractivity contribution in [3.05, 3.63) is 12.2 Å². The van der Waals surface area contributed by atoms with E-state index in [1.54, 1.807) is 0 Å². The van der Waals surface area contributed by atoms with Gasteiger partial charge in [0.1, 0.15) is 0 Å². The normalized spacial score (nSPS) is 10.5. The molecule has 0 heterocycles. The average molecular weight is 173 g/mol. The summed E-state index contributed by atoms with van der Waals surface area (Å²) in [6.45, 7) is 7.14. The van der Waals surface area contributed by atoms with Gasteiger partial charge in [0, 0.05) is 12.3 Å². The Hall–Kier alpha value is 0.0500. The average Bonchev–Trinajstić information content (AvgIpc) is 1.85. The Bertz CT molecular complexity index is 110. The molecule has 1 nitrogen and oxygen atoms in total. The zero-order chi connectivity index (χ0) is 8.69. The summed E-state index contributed by atoms with van der Waals surface area (Å²) in [4.78, 5) is 2.22. The van der Waals surface area contributed by atoms with E-state index in [4.69, 9.17) is 0 Å². The Balaban J connectivity index is 2.97. The maximum atomic E-state index is 3.86. The van der Waals surface area contributed by atoms with Gasteiger partial charge in [-0.2, -0.15) is 11.8 Å². The summed E-state index contributed by atoms with van der Waals surface area (Å²) in [7, 11) is 4.22. The fraction of sp³-hybridized carbons (Fsp3) is 0.778. The molecule has 0 N–H and O–H groups in total. The third kappa shape index (κ3) is 10.1. The summed E-state index contributed by atoms with van der Waals surface area (Å²) in [6, 6.07) is 0. The molecule has 0 rings (SSSR count). The van der Waals surface area contributed by atoms with Crippen LogP contribution >= 0.6 is 11.8 Å². The first-order chi connectivity index (χ1) is 5.13. The molecule has 0 aromatic rings. The molecule has 0 bridgehead atoms. The standard InChI is InChI=1S/C9H19NS/c1-9(2)5-7-11-8-6-10(3)4/h1,5-8H2,2-4H3. The number of allylic oxidation sites excluding steroid dienone is 1. The molecule has 66 valence electrons. The molecule has 0 aromatic heterocycles. The second-order valence-corrected chi connectivity index (χ2v) is 4.35. The van der Waals surface area contributed by atoms with Crippen molar-refractivity contribution in [2.45, 2.75) is 13.3 Å². The van der Waals surface area contributed by atoms with Gasteiger partial charge in [0.2, 0.25) is 0 Å². The molecule has 0 atom stereocenters. The zero-order valence-corrected chi connectivity index (χ0v) is 8.71. The number of hydrogen-bond acceptors (Lipinski definition) is 2. The van der Waals surface area contributed by atoms with E-state index < -0.39 is 0 Å². The lowest BCUT2D eigenvalue weighted by molar-refractivity contribution is 0.437. The molecule has 2 heteroatoms. The monoisotopic (exact) mass is 173 g/mol. The van der Waals surface area contributed by atoms with Crippen molar-refractivity contribution in [1.29, 1.82) is 0 Å². The Labute approximate surface area is 74.9 Å². The minimum atomic E-state index is 1.16. The minimum Gasteiger partial charge on any atom is -0.309 e. The first kappa shape index (κ1) is 11.1. The van der Waals surface area contributed by atoms with Gasteiger partial charge in [-0.3, -0.25) is 0 Å². The maximum Gasteiger partial charge on any atom is 0.00662 e. The molecule has 0 aromatic carbocycles.